The van der Waals surface area contributed by atoms with Crippen molar-refractivity contribution in [1.82, 2.24) is 14.8 Å². The van der Waals surface area contributed by atoms with Crippen LogP contribution < -0.4 is 4.74 Å². The van der Waals surface area contributed by atoms with Gasteiger partial charge in [-0.2, -0.15) is 4.68 Å². The quantitative estimate of drug-likeness (QED) is 0.710. The van der Waals surface area contributed by atoms with E-state index in [1.54, 1.807) is 23.6 Å². The highest BCUT2D eigenvalue weighted by molar-refractivity contribution is 8.01. The Balaban J connectivity index is 1.42. The Bertz CT molecular complexity index is 995. The number of thioether (sulfide) groups is 1. The molecule has 2 unspecified atom stereocenters. The van der Waals surface area contributed by atoms with Gasteiger partial charge in [0.25, 0.3) is 0 Å². The average Bonchev–Trinajstić information content (AvgIpc) is 3.33. The SMILES string of the molecule is COc1ccc(C2ON=C3C2Sc2nc(-c4ccc(C)cc4)nn23)cc1. The first-order chi connectivity index (χ1) is 12.7. The van der Waals surface area contributed by atoms with Crippen molar-refractivity contribution in [2.75, 3.05) is 7.11 Å². The predicted octanol–water partition coefficient (Wildman–Crippen LogP) is 3.67. The van der Waals surface area contributed by atoms with Gasteiger partial charge >= 0.3 is 0 Å². The lowest BCUT2D eigenvalue weighted by Gasteiger charge is -2.14. The number of hydrogen-bond acceptors (Lipinski definition) is 6. The normalized spacial score (nSPS) is 20.3. The maximum Gasteiger partial charge on any atom is 0.193 e. The summed E-state index contributed by atoms with van der Waals surface area (Å²) in [5, 5.41) is 9.84. The summed E-state index contributed by atoms with van der Waals surface area (Å²) in [6.07, 6.45) is -0.146. The van der Waals surface area contributed by atoms with Crippen LogP contribution in [-0.2, 0) is 4.84 Å². The summed E-state index contributed by atoms with van der Waals surface area (Å²) in [5.74, 6) is 2.34. The number of aryl methyl sites for hydroxylation is 1. The fourth-order valence-electron chi connectivity index (χ4n) is 3.12. The number of ether oxygens (including phenoxy) is 1. The lowest BCUT2D eigenvalue weighted by Crippen LogP contribution is -2.21. The van der Waals surface area contributed by atoms with Crippen LogP contribution in [0.25, 0.3) is 11.4 Å². The first kappa shape index (κ1) is 15.5. The van der Waals surface area contributed by atoms with Crippen molar-refractivity contribution in [2.24, 2.45) is 5.16 Å². The van der Waals surface area contributed by atoms with E-state index in [4.69, 9.17) is 9.57 Å². The molecule has 0 fully saturated rings. The van der Waals surface area contributed by atoms with Crippen molar-refractivity contribution in [1.29, 1.82) is 0 Å². The van der Waals surface area contributed by atoms with E-state index in [1.165, 1.54) is 5.56 Å². The van der Waals surface area contributed by atoms with Crippen molar-refractivity contribution < 1.29 is 9.57 Å². The molecular weight excluding hydrogens is 348 g/mol. The van der Waals surface area contributed by atoms with Gasteiger partial charge in [0.05, 0.1) is 7.11 Å². The smallest absolute Gasteiger partial charge is 0.193 e. The summed E-state index contributed by atoms with van der Waals surface area (Å²) in [6, 6.07) is 16.1. The molecule has 3 heterocycles. The molecule has 6 nitrogen and oxygen atoms in total. The summed E-state index contributed by atoms with van der Waals surface area (Å²) in [4.78, 5) is 10.4. The van der Waals surface area contributed by atoms with E-state index in [9.17, 15) is 0 Å². The first-order valence-electron chi connectivity index (χ1n) is 8.32. The number of hydrogen-bond donors (Lipinski definition) is 0. The average molecular weight is 364 g/mol. The van der Waals surface area contributed by atoms with E-state index in [1.807, 2.05) is 36.4 Å². The van der Waals surface area contributed by atoms with Crippen molar-refractivity contribution in [3.8, 4) is 17.1 Å². The van der Waals surface area contributed by atoms with E-state index in [0.717, 1.165) is 27.9 Å². The molecule has 3 aromatic rings. The predicted molar refractivity (Wildman–Crippen MR) is 99.5 cm³/mol. The number of fused-ring (bicyclic) bond motifs is 3. The van der Waals surface area contributed by atoms with Gasteiger partial charge in [-0.15, -0.1) is 5.10 Å². The fraction of sp³-hybridized carbons (Fsp3) is 0.211. The zero-order chi connectivity index (χ0) is 17.7. The van der Waals surface area contributed by atoms with Gasteiger partial charge in [-0.25, -0.2) is 4.98 Å². The van der Waals surface area contributed by atoms with Crippen LogP contribution in [0.15, 0.2) is 58.8 Å². The lowest BCUT2D eigenvalue weighted by molar-refractivity contribution is 0.0880. The Morgan fingerprint density at radius 1 is 1.08 bits per heavy atom. The molecule has 0 saturated heterocycles. The highest BCUT2D eigenvalue weighted by atomic mass is 32.2. The monoisotopic (exact) mass is 364 g/mol. The zero-order valence-electron chi connectivity index (χ0n) is 14.3. The van der Waals surface area contributed by atoms with Crippen LogP contribution >= 0.6 is 11.8 Å². The van der Waals surface area contributed by atoms with Gasteiger partial charge in [0.15, 0.2) is 22.9 Å². The maximum atomic E-state index is 5.70. The molecule has 5 rings (SSSR count). The topological polar surface area (TPSA) is 61.5 Å². The van der Waals surface area contributed by atoms with Crippen LogP contribution in [0.2, 0.25) is 0 Å². The van der Waals surface area contributed by atoms with Gasteiger partial charge in [-0.05, 0) is 24.6 Å². The van der Waals surface area contributed by atoms with Crippen molar-refractivity contribution in [3.05, 3.63) is 59.7 Å². The number of oxime groups is 1. The van der Waals surface area contributed by atoms with Crippen molar-refractivity contribution >= 4 is 17.6 Å². The molecule has 2 atom stereocenters. The van der Waals surface area contributed by atoms with Gasteiger partial charge in [0.1, 0.15) is 11.0 Å². The largest absolute Gasteiger partial charge is 0.497 e. The highest BCUT2D eigenvalue weighted by Gasteiger charge is 2.45. The zero-order valence-corrected chi connectivity index (χ0v) is 15.1. The molecule has 0 amide bonds. The molecule has 7 heteroatoms. The highest BCUT2D eigenvalue weighted by Crippen LogP contribution is 2.44. The minimum absolute atomic E-state index is 0.0606. The van der Waals surface area contributed by atoms with Crippen LogP contribution in [0.1, 0.15) is 17.2 Å². The number of rotatable bonds is 3. The van der Waals surface area contributed by atoms with Crippen LogP contribution in [0.5, 0.6) is 5.75 Å². The summed E-state index contributed by atoms with van der Waals surface area (Å²) in [7, 11) is 1.66. The molecule has 26 heavy (non-hydrogen) atoms. The summed E-state index contributed by atoms with van der Waals surface area (Å²) in [6.45, 7) is 2.06. The van der Waals surface area contributed by atoms with E-state index in [-0.39, 0.29) is 11.4 Å². The Morgan fingerprint density at radius 2 is 1.85 bits per heavy atom. The molecule has 0 radical (unpaired) electrons. The van der Waals surface area contributed by atoms with E-state index in [2.05, 4.69) is 34.3 Å². The molecule has 0 aliphatic carbocycles. The van der Waals surface area contributed by atoms with Gasteiger partial charge < -0.3 is 9.57 Å². The molecule has 0 bridgehead atoms. The number of nitrogens with zero attached hydrogens (tertiary/aromatic N) is 4. The van der Waals surface area contributed by atoms with Crippen LogP contribution in [0, 0.1) is 6.92 Å². The molecule has 2 aliphatic heterocycles. The minimum atomic E-state index is -0.146. The van der Waals surface area contributed by atoms with Gasteiger partial charge in [0, 0.05) is 5.56 Å². The second-order valence-electron chi connectivity index (χ2n) is 6.28. The fourth-order valence-corrected chi connectivity index (χ4v) is 4.30. The molecule has 2 aliphatic rings. The Kier molecular flexibility index (Phi) is 3.49. The van der Waals surface area contributed by atoms with Gasteiger partial charge in [0.2, 0.25) is 0 Å². The molecular formula is C19H16N4O2S. The van der Waals surface area contributed by atoms with E-state index in [0.29, 0.717) is 5.82 Å². The Labute approximate surface area is 154 Å². The van der Waals surface area contributed by atoms with Crippen LogP contribution in [0.3, 0.4) is 0 Å². The second kappa shape index (κ2) is 5.88. The lowest BCUT2D eigenvalue weighted by atomic mass is 10.1. The summed E-state index contributed by atoms with van der Waals surface area (Å²) < 4.78 is 7.02. The number of methoxy groups -OCH3 is 1. The Hall–Kier alpha value is -2.80. The summed E-state index contributed by atoms with van der Waals surface area (Å²) >= 11 is 1.64. The third kappa shape index (κ3) is 2.39. The molecule has 0 spiro atoms. The first-order valence-corrected chi connectivity index (χ1v) is 9.20. The van der Waals surface area contributed by atoms with Gasteiger partial charge in [-0.3, -0.25) is 0 Å². The molecule has 2 aromatic carbocycles. The maximum absolute atomic E-state index is 5.70. The number of benzene rings is 2. The minimum Gasteiger partial charge on any atom is -0.497 e. The van der Waals surface area contributed by atoms with Gasteiger partial charge in [-0.1, -0.05) is 58.9 Å². The standard InChI is InChI=1S/C19H16N4O2S/c1-11-3-5-13(6-4-11)17-20-19-23(21-17)18-16(26-19)15(25-22-18)12-7-9-14(24-2)10-8-12/h3-10,15-16H,1-2H3. The Morgan fingerprint density at radius 3 is 2.58 bits per heavy atom. The van der Waals surface area contributed by atoms with Crippen molar-refractivity contribution in [3.63, 3.8) is 0 Å². The summed E-state index contributed by atoms with van der Waals surface area (Å²) in [5.41, 5.74) is 3.28. The molecule has 130 valence electrons. The third-order valence-corrected chi connectivity index (χ3v) is 5.76. The molecule has 0 saturated carbocycles. The van der Waals surface area contributed by atoms with E-state index >= 15 is 0 Å². The van der Waals surface area contributed by atoms with Crippen LogP contribution in [-0.4, -0.2) is 33.0 Å². The third-order valence-electron chi connectivity index (χ3n) is 4.57. The van der Waals surface area contributed by atoms with Crippen LogP contribution in [0.4, 0.5) is 0 Å². The second-order valence-corrected chi connectivity index (χ2v) is 7.39. The molecule has 1 aromatic heterocycles. The van der Waals surface area contributed by atoms with E-state index < -0.39 is 0 Å². The number of aromatic nitrogens is 3. The molecule has 0 N–H and O–H groups in total. The van der Waals surface area contributed by atoms with Crippen molar-refractivity contribution in [2.45, 2.75) is 23.4 Å².